The molecule has 4 rings (SSSR count). The van der Waals surface area contributed by atoms with Crippen molar-refractivity contribution < 1.29 is 4.74 Å². The van der Waals surface area contributed by atoms with Gasteiger partial charge in [0.1, 0.15) is 5.82 Å². The number of ether oxygens (including phenoxy) is 1. The van der Waals surface area contributed by atoms with E-state index in [1.807, 2.05) is 24.4 Å². The summed E-state index contributed by atoms with van der Waals surface area (Å²) in [5, 5.41) is 3.47. The van der Waals surface area contributed by atoms with E-state index in [1.165, 1.54) is 32.2 Å². The quantitative estimate of drug-likeness (QED) is 0.922. The van der Waals surface area contributed by atoms with Crippen LogP contribution in [0.2, 0.25) is 0 Å². The Kier molecular flexibility index (Phi) is 3.82. The van der Waals surface area contributed by atoms with Gasteiger partial charge in [-0.15, -0.1) is 0 Å². The summed E-state index contributed by atoms with van der Waals surface area (Å²) in [6.07, 6.45) is 7.95. The molecule has 3 heterocycles. The van der Waals surface area contributed by atoms with Crippen LogP contribution in [-0.2, 0) is 4.74 Å². The SMILES string of the molecule is c1ccc(NC[C@H]2CO[C@@H]3CN(C4CCCC4)C[C@H]23)nc1. The maximum atomic E-state index is 6.07. The topological polar surface area (TPSA) is 37.4 Å². The molecule has 1 aliphatic carbocycles. The third-order valence-corrected chi connectivity index (χ3v) is 5.52. The molecule has 2 aliphatic heterocycles. The van der Waals surface area contributed by atoms with E-state index in [0.29, 0.717) is 17.9 Å². The Morgan fingerprint density at radius 3 is 2.95 bits per heavy atom. The highest BCUT2D eigenvalue weighted by atomic mass is 16.5. The molecule has 4 nitrogen and oxygen atoms in total. The van der Waals surface area contributed by atoms with Gasteiger partial charge in [0.15, 0.2) is 0 Å². The predicted octanol–water partition coefficient (Wildman–Crippen LogP) is 2.38. The van der Waals surface area contributed by atoms with Crippen molar-refractivity contribution >= 4 is 5.82 Å². The number of nitrogens with one attached hydrogen (secondary N) is 1. The number of hydrogen-bond acceptors (Lipinski definition) is 4. The molecule has 3 aliphatic rings. The number of nitrogens with zero attached hydrogens (tertiary/aromatic N) is 2. The van der Waals surface area contributed by atoms with Gasteiger partial charge in [0.25, 0.3) is 0 Å². The Morgan fingerprint density at radius 1 is 1.24 bits per heavy atom. The van der Waals surface area contributed by atoms with Crippen molar-refractivity contribution in [3.05, 3.63) is 24.4 Å². The molecule has 0 aromatic carbocycles. The van der Waals surface area contributed by atoms with Crippen molar-refractivity contribution in [3.8, 4) is 0 Å². The average molecular weight is 287 g/mol. The molecule has 0 amide bonds. The maximum Gasteiger partial charge on any atom is 0.125 e. The van der Waals surface area contributed by atoms with Crippen molar-refractivity contribution in [2.24, 2.45) is 11.8 Å². The van der Waals surface area contributed by atoms with Crippen molar-refractivity contribution in [1.29, 1.82) is 0 Å². The lowest BCUT2D eigenvalue weighted by atomic mass is 9.93. The number of hydrogen-bond donors (Lipinski definition) is 1. The van der Waals surface area contributed by atoms with E-state index in [4.69, 9.17) is 4.74 Å². The van der Waals surface area contributed by atoms with E-state index < -0.39 is 0 Å². The van der Waals surface area contributed by atoms with Gasteiger partial charge in [0.05, 0.1) is 12.7 Å². The zero-order valence-electron chi connectivity index (χ0n) is 12.6. The summed E-state index contributed by atoms with van der Waals surface area (Å²) >= 11 is 0. The fraction of sp³-hybridized carbons (Fsp3) is 0.706. The highest BCUT2D eigenvalue weighted by Crippen LogP contribution is 2.37. The lowest BCUT2D eigenvalue weighted by Crippen LogP contribution is -2.34. The Labute approximate surface area is 126 Å². The number of fused-ring (bicyclic) bond motifs is 1. The van der Waals surface area contributed by atoms with E-state index >= 15 is 0 Å². The molecule has 1 saturated carbocycles. The maximum absolute atomic E-state index is 6.07. The van der Waals surface area contributed by atoms with Crippen molar-refractivity contribution in [2.75, 3.05) is 31.6 Å². The minimum Gasteiger partial charge on any atom is -0.376 e. The van der Waals surface area contributed by atoms with Gasteiger partial charge in [-0.3, -0.25) is 4.90 Å². The Bertz CT molecular complexity index is 460. The van der Waals surface area contributed by atoms with Crippen molar-refractivity contribution in [1.82, 2.24) is 9.88 Å². The lowest BCUT2D eigenvalue weighted by Gasteiger charge is -2.25. The second-order valence-electron chi connectivity index (χ2n) is 6.78. The van der Waals surface area contributed by atoms with Gasteiger partial charge in [0, 0.05) is 43.7 Å². The molecule has 21 heavy (non-hydrogen) atoms. The average Bonchev–Trinajstić information content (AvgIpc) is 3.23. The Balaban J connectivity index is 1.33. The third-order valence-electron chi connectivity index (χ3n) is 5.52. The summed E-state index contributed by atoms with van der Waals surface area (Å²) in [6.45, 7) is 4.30. The van der Waals surface area contributed by atoms with Crippen molar-refractivity contribution in [3.63, 3.8) is 0 Å². The smallest absolute Gasteiger partial charge is 0.125 e. The summed E-state index contributed by atoms with van der Waals surface area (Å²) in [5.74, 6) is 2.32. The number of aromatic nitrogens is 1. The second-order valence-corrected chi connectivity index (χ2v) is 6.78. The molecule has 0 radical (unpaired) electrons. The van der Waals surface area contributed by atoms with Crippen LogP contribution in [0.5, 0.6) is 0 Å². The minimum atomic E-state index is 0.473. The highest BCUT2D eigenvalue weighted by molar-refractivity contribution is 5.33. The molecule has 114 valence electrons. The van der Waals surface area contributed by atoms with Crippen LogP contribution >= 0.6 is 0 Å². The monoisotopic (exact) mass is 287 g/mol. The van der Waals surface area contributed by atoms with E-state index in [-0.39, 0.29) is 0 Å². The number of likely N-dealkylation sites (tertiary alicyclic amines) is 1. The van der Waals surface area contributed by atoms with Gasteiger partial charge >= 0.3 is 0 Å². The predicted molar refractivity (Wildman–Crippen MR) is 83.3 cm³/mol. The number of pyridine rings is 1. The van der Waals surface area contributed by atoms with Gasteiger partial charge in [-0.2, -0.15) is 0 Å². The Hall–Kier alpha value is -1.13. The fourth-order valence-corrected chi connectivity index (χ4v) is 4.31. The standard InChI is InChI=1S/C17H25N3O/c1-2-6-14(5-1)20-10-15-13(12-21-16(15)11-20)9-19-17-7-3-4-8-18-17/h3-4,7-8,13-16H,1-2,5-6,9-12H2,(H,18,19)/t13-,15+,16+/m0/s1. The van der Waals surface area contributed by atoms with Gasteiger partial charge in [-0.25, -0.2) is 4.98 Å². The van der Waals surface area contributed by atoms with Crippen LogP contribution in [0.15, 0.2) is 24.4 Å². The van der Waals surface area contributed by atoms with Crippen LogP contribution in [0, 0.1) is 11.8 Å². The molecule has 2 saturated heterocycles. The van der Waals surface area contributed by atoms with Gasteiger partial charge in [-0.05, 0) is 25.0 Å². The van der Waals surface area contributed by atoms with Crippen LogP contribution < -0.4 is 5.32 Å². The van der Waals surface area contributed by atoms with Crippen LogP contribution in [-0.4, -0.2) is 48.3 Å². The molecule has 3 fully saturated rings. The molecule has 0 bridgehead atoms. The molecule has 4 heteroatoms. The fourth-order valence-electron chi connectivity index (χ4n) is 4.31. The first kappa shape index (κ1) is 13.5. The lowest BCUT2D eigenvalue weighted by molar-refractivity contribution is 0.0879. The molecule has 1 N–H and O–H groups in total. The van der Waals surface area contributed by atoms with Gasteiger partial charge in [-0.1, -0.05) is 18.9 Å². The molecular weight excluding hydrogens is 262 g/mol. The van der Waals surface area contributed by atoms with E-state index in [0.717, 1.165) is 31.6 Å². The first-order chi connectivity index (χ1) is 10.4. The second kappa shape index (κ2) is 5.93. The van der Waals surface area contributed by atoms with Crippen molar-refractivity contribution in [2.45, 2.75) is 37.8 Å². The van der Waals surface area contributed by atoms with Crippen LogP contribution in [0.4, 0.5) is 5.82 Å². The largest absolute Gasteiger partial charge is 0.376 e. The van der Waals surface area contributed by atoms with Crippen LogP contribution in [0.3, 0.4) is 0 Å². The zero-order chi connectivity index (χ0) is 14.1. The van der Waals surface area contributed by atoms with Gasteiger partial charge in [0.2, 0.25) is 0 Å². The summed E-state index contributed by atoms with van der Waals surface area (Å²) in [6, 6.07) is 6.85. The third kappa shape index (κ3) is 2.79. The van der Waals surface area contributed by atoms with Gasteiger partial charge < -0.3 is 10.1 Å². The molecule has 1 aromatic heterocycles. The molecule has 0 unspecified atom stereocenters. The summed E-state index contributed by atoms with van der Waals surface area (Å²) in [5.41, 5.74) is 0. The number of rotatable bonds is 4. The molecule has 0 spiro atoms. The minimum absolute atomic E-state index is 0.473. The summed E-state index contributed by atoms with van der Waals surface area (Å²) < 4.78 is 6.07. The first-order valence-electron chi connectivity index (χ1n) is 8.41. The van der Waals surface area contributed by atoms with Crippen LogP contribution in [0.25, 0.3) is 0 Å². The molecular formula is C17H25N3O. The van der Waals surface area contributed by atoms with E-state index in [1.54, 1.807) is 0 Å². The van der Waals surface area contributed by atoms with E-state index in [2.05, 4.69) is 15.2 Å². The summed E-state index contributed by atoms with van der Waals surface area (Å²) in [4.78, 5) is 7.04. The Morgan fingerprint density at radius 2 is 2.14 bits per heavy atom. The van der Waals surface area contributed by atoms with E-state index in [9.17, 15) is 0 Å². The summed E-state index contributed by atoms with van der Waals surface area (Å²) in [7, 11) is 0. The molecule has 1 aromatic rings. The molecule has 3 atom stereocenters. The normalized spacial score (nSPS) is 33.4. The number of anilines is 1. The highest BCUT2D eigenvalue weighted by Gasteiger charge is 2.45. The first-order valence-corrected chi connectivity index (χ1v) is 8.41. The van der Waals surface area contributed by atoms with Crippen LogP contribution in [0.1, 0.15) is 25.7 Å². The zero-order valence-corrected chi connectivity index (χ0v) is 12.6.